The van der Waals surface area contributed by atoms with Crippen LogP contribution in [0.15, 0.2) is 72.8 Å². The van der Waals surface area contributed by atoms with E-state index in [9.17, 15) is 0 Å². The zero-order valence-electron chi connectivity index (χ0n) is 10.2. The van der Waals surface area contributed by atoms with E-state index in [2.05, 4.69) is 79.7 Å². The second-order valence-electron chi connectivity index (χ2n) is 4.18. The molecule has 0 heterocycles. The Kier molecular flexibility index (Phi) is 4.34. The molecule has 2 aromatic carbocycles. The van der Waals surface area contributed by atoms with Crippen LogP contribution in [0.4, 0.5) is 0 Å². The lowest BCUT2D eigenvalue weighted by atomic mass is 10.4. The Bertz CT molecular complexity index is 420. The number of benzene rings is 2. The van der Waals surface area contributed by atoms with Crippen molar-refractivity contribution in [3.05, 3.63) is 72.8 Å². The maximum Gasteiger partial charge on any atom is 0.106 e. The fourth-order valence-corrected chi connectivity index (χ4v) is 4.95. The molecule has 0 radical (unpaired) electrons. The minimum atomic E-state index is -1.05. The molecule has 0 aliphatic rings. The van der Waals surface area contributed by atoms with Crippen molar-refractivity contribution in [2.45, 2.75) is 13.0 Å². The molecule has 1 heteroatoms. The number of hydrogen-bond donors (Lipinski definition) is 0. The van der Waals surface area contributed by atoms with E-state index >= 15 is 0 Å². The van der Waals surface area contributed by atoms with Gasteiger partial charge in [0.05, 0.1) is 0 Å². The van der Waals surface area contributed by atoms with Crippen LogP contribution >= 0.6 is 0 Å². The maximum absolute atomic E-state index is 2.30. The van der Waals surface area contributed by atoms with Gasteiger partial charge in [-0.05, 0) is 13.0 Å². The molecule has 0 N–H and O–H groups in total. The SMILES string of the molecule is CC=CC[SiH](c1ccccc1)c1ccccc1. The van der Waals surface area contributed by atoms with Gasteiger partial charge in [-0.1, -0.05) is 83.2 Å². The highest BCUT2D eigenvalue weighted by Crippen LogP contribution is 1.99. The molecule has 0 unspecified atom stereocenters. The second-order valence-corrected chi connectivity index (χ2v) is 7.09. The molecule has 0 bridgehead atoms. The topological polar surface area (TPSA) is 0 Å². The standard InChI is InChI=1S/C16H18Si/c1-2-3-14-17(15-10-6-4-7-11-15)16-12-8-5-9-13-16/h2-13,17H,14H2,1H3. The summed E-state index contributed by atoms with van der Waals surface area (Å²) in [7, 11) is -1.05. The van der Waals surface area contributed by atoms with Crippen LogP contribution in [0.2, 0.25) is 6.04 Å². The zero-order valence-corrected chi connectivity index (χ0v) is 11.4. The Morgan fingerprint density at radius 2 is 1.29 bits per heavy atom. The van der Waals surface area contributed by atoms with Crippen LogP contribution < -0.4 is 10.4 Å². The van der Waals surface area contributed by atoms with Crippen molar-refractivity contribution < 1.29 is 0 Å². The van der Waals surface area contributed by atoms with E-state index in [1.54, 1.807) is 0 Å². The zero-order chi connectivity index (χ0) is 11.9. The molecule has 2 rings (SSSR count). The lowest BCUT2D eigenvalue weighted by Gasteiger charge is -2.14. The van der Waals surface area contributed by atoms with Crippen molar-refractivity contribution in [1.29, 1.82) is 0 Å². The van der Waals surface area contributed by atoms with E-state index in [-0.39, 0.29) is 0 Å². The summed E-state index contributed by atoms with van der Waals surface area (Å²) < 4.78 is 0. The molecular weight excluding hydrogens is 220 g/mol. The van der Waals surface area contributed by atoms with Gasteiger partial charge in [-0.3, -0.25) is 0 Å². The molecular formula is C16H18Si. The number of hydrogen-bond acceptors (Lipinski definition) is 0. The predicted octanol–water partition coefficient (Wildman–Crippen LogP) is 2.60. The largest absolute Gasteiger partial charge is 0.106 e. The monoisotopic (exact) mass is 238 g/mol. The summed E-state index contributed by atoms with van der Waals surface area (Å²) >= 11 is 0. The van der Waals surface area contributed by atoms with Gasteiger partial charge in [0, 0.05) is 0 Å². The highest BCUT2D eigenvalue weighted by Gasteiger charge is 2.13. The van der Waals surface area contributed by atoms with E-state index in [1.165, 1.54) is 16.4 Å². The molecule has 0 aliphatic carbocycles. The summed E-state index contributed by atoms with van der Waals surface area (Å²) in [5.41, 5.74) is 0. The predicted molar refractivity (Wildman–Crippen MR) is 78.9 cm³/mol. The lowest BCUT2D eigenvalue weighted by molar-refractivity contribution is 1.58. The van der Waals surface area contributed by atoms with E-state index in [0.29, 0.717) is 0 Å². The Labute approximate surface area is 105 Å². The second kappa shape index (κ2) is 6.21. The number of rotatable bonds is 4. The first-order valence-corrected chi connectivity index (χ1v) is 8.10. The molecule has 0 nitrogen and oxygen atoms in total. The molecule has 86 valence electrons. The van der Waals surface area contributed by atoms with Gasteiger partial charge < -0.3 is 0 Å². The highest BCUT2D eigenvalue weighted by atomic mass is 28.3. The first-order valence-electron chi connectivity index (χ1n) is 6.13. The van der Waals surface area contributed by atoms with Crippen molar-refractivity contribution in [3.63, 3.8) is 0 Å². The summed E-state index contributed by atoms with van der Waals surface area (Å²) in [5.74, 6) is 0. The molecule has 0 aromatic heterocycles. The average molecular weight is 238 g/mol. The summed E-state index contributed by atoms with van der Waals surface area (Å²) in [4.78, 5) is 0. The van der Waals surface area contributed by atoms with Crippen molar-refractivity contribution in [1.82, 2.24) is 0 Å². The molecule has 0 amide bonds. The number of allylic oxidation sites excluding steroid dienone is 2. The fourth-order valence-electron chi connectivity index (χ4n) is 2.11. The lowest BCUT2D eigenvalue weighted by Crippen LogP contribution is -2.41. The van der Waals surface area contributed by atoms with Gasteiger partial charge in [0.25, 0.3) is 0 Å². The highest BCUT2D eigenvalue weighted by molar-refractivity contribution is 6.85. The Morgan fingerprint density at radius 1 is 0.824 bits per heavy atom. The van der Waals surface area contributed by atoms with Crippen LogP contribution in [0.25, 0.3) is 0 Å². The van der Waals surface area contributed by atoms with Gasteiger partial charge in [0.15, 0.2) is 0 Å². The van der Waals surface area contributed by atoms with Gasteiger partial charge in [0.2, 0.25) is 0 Å². The van der Waals surface area contributed by atoms with Gasteiger partial charge >= 0.3 is 0 Å². The van der Waals surface area contributed by atoms with Gasteiger partial charge in [-0.15, -0.1) is 0 Å². The third-order valence-electron chi connectivity index (χ3n) is 3.01. The van der Waals surface area contributed by atoms with Crippen molar-refractivity contribution in [3.8, 4) is 0 Å². The molecule has 0 saturated carbocycles. The van der Waals surface area contributed by atoms with Crippen molar-refractivity contribution in [2.75, 3.05) is 0 Å². The summed E-state index contributed by atoms with van der Waals surface area (Å²) in [6, 6.07) is 23.1. The van der Waals surface area contributed by atoms with Crippen LogP contribution in [0, 0.1) is 0 Å². The van der Waals surface area contributed by atoms with E-state index in [4.69, 9.17) is 0 Å². The average Bonchev–Trinajstić information content (AvgIpc) is 2.42. The Hall–Kier alpha value is -1.60. The van der Waals surface area contributed by atoms with Gasteiger partial charge in [0.1, 0.15) is 8.80 Å². The summed E-state index contributed by atoms with van der Waals surface area (Å²) in [6.45, 7) is 2.10. The maximum atomic E-state index is 2.30. The van der Waals surface area contributed by atoms with Gasteiger partial charge in [-0.2, -0.15) is 0 Å². The fraction of sp³-hybridized carbons (Fsp3) is 0.125. The Balaban J connectivity index is 2.32. The molecule has 0 aliphatic heterocycles. The Morgan fingerprint density at radius 3 is 1.71 bits per heavy atom. The van der Waals surface area contributed by atoms with Crippen LogP contribution in [0.1, 0.15) is 6.92 Å². The van der Waals surface area contributed by atoms with Crippen molar-refractivity contribution >= 4 is 19.2 Å². The minimum Gasteiger partial charge on any atom is -0.0919 e. The third kappa shape index (κ3) is 3.18. The van der Waals surface area contributed by atoms with Crippen LogP contribution in [0.5, 0.6) is 0 Å². The molecule has 0 saturated heterocycles. The van der Waals surface area contributed by atoms with E-state index < -0.39 is 8.80 Å². The van der Waals surface area contributed by atoms with Gasteiger partial charge in [-0.25, -0.2) is 0 Å². The first-order chi connectivity index (χ1) is 8.42. The molecule has 17 heavy (non-hydrogen) atoms. The quantitative estimate of drug-likeness (QED) is 0.567. The van der Waals surface area contributed by atoms with Crippen molar-refractivity contribution in [2.24, 2.45) is 0 Å². The molecule has 2 aromatic rings. The van der Waals surface area contributed by atoms with Crippen LogP contribution in [-0.2, 0) is 0 Å². The molecule has 0 spiro atoms. The summed E-state index contributed by atoms with van der Waals surface area (Å²) in [6.07, 6.45) is 4.46. The third-order valence-corrected chi connectivity index (χ3v) is 6.13. The first kappa shape index (κ1) is 11.9. The van der Waals surface area contributed by atoms with Crippen LogP contribution in [-0.4, -0.2) is 8.80 Å². The van der Waals surface area contributed by atoms with Crippen LogP contribution in [0.3, 0.4) is 0 Å². The van der Waals surface area contributed by atoms with E-state index in [1.807, 2.05) is 0 Å². The normalized spacial score (nSPS) is 11.2. The van der Waals surface area contributed by atoms with E-state index in [0.717, 1.165) is 0 Å². The summed E-state index contributed by atoms with van der Waals surface area (Å²) in [5, 5.41) is 3.05. The molecule has 0 atom stereocenters. The minimum absolute atomic E-state index is 1.05. The smallest absolute Gasteiger partial charge is 0.0919 e. The molecule has 0 fully saturated rings.